The molecule has 4 nitrogen and oxygen atoms in total. The largest absolute Gasteiger partial charge is 0.487 e. The van der Waals surface area contributed by atoms with Crippen LogP contribution in [0.25, 0.3) is 0 Å². The van der Waals surface area contributed by atoms with Crippen molar-refractivity contribution in [1.82, 2.24) is 9.55 Å². The zero-order valence-electron chi connectivity index (χ0n) is 9.26. The molecule has 1 heterocycles. The summed E-state index contributed by atoms with van der Waals surface area (Å²) in [6.45, 7) is 1.08. The lowest BCUT2D eigenvalue weighted by Gasteiger charge is -2.06. The second-order valence-electron chi connectivity index (χ2n) is 3.63. The van der Waals surface area contributed by atoms with E-state index < -0.39 is 0 Å². The fourth-order valence-electron chi connectivity index (χ4n) is 1.40. The predicted octanol–water partition coefficient (Wildman–Crippen LogP) is 1.46. The summed E-state index contributed by atoms with van der Waals surface area (Å²) in [7, 11) is 1.95. The van der Waals surface area contributed by atoms with Crippen LogP contribution in [0.2, 0.25) is 0 Å². The predicted molar refractivity (Wildman–Crippen MR) is 61.9 cm³/mol. The van der Waals surface area contributed by atoms with Gasteiger partial charge in [-0.25, -0.2) is 4.98 Å². The quantitative estimate of drug-likeness (QED) is 0.843. The van der Waals surface area contributed by atoms with Crippen LogP contribution < -0.4 is 10.5 Å². The molecule has 1 aromatic heterocycles. The van der Waals surface area contributed by atoms with Gasteiger partial charge in [0.2, 0.25) is 0 Å². The van der Waals surface area contributed by atoms with Crippen LogP contribution in [0.15, 0.2) is 36.8 Å². The van der Waals surface area contributed by atoms with Crippen molar-refractivity contribution in [3.63, 3.8) is 0 Å². The minimum atomic E-state index is 0.526. The number of nitrogens with two attached hydrogens (primary N) is 1. The summed E-state index contributed by atoms with van der Waals surface area (Å²) in [5.74, 6) is 0.846. The highest BCUT2D eigenvalue weighted by Gasteiger charge is 1.99. The molecule has 0 aliphatic heterocycles. The van der Waals surface area contributed by atoms with Crippen LogP contribution in [0.5, 0.6) is 5.75 Å². The normalized spacial score (nSPS) is 10.4. The molecular weight excluding hydrogens is 202 g/mol. The molecule has 2 N–H and O–H groups in total. The lowest BCUT2D eigenvalue weighted by atomic mass is 10.2. The van der Waals surface area contributed by atoms with Gasteiger partial charge in [-0.2, -0.15) is 0 Å². The van der Waals surface area contributed by atoms with Gasteiger partial charge in [0.1, 0.15) is 12.4 Å². The Bertz CT molecular complexity index is 448. The SMILES string of the molecule is Cn1cncc1COc1ccc(CN)cc1. The van der Waals surface area contributed by atoms with Crippen LogP contribution in [0, 0.1) is 0 Å². The first-order valence-electron chi connectivity index (χ1n) is 5.16. The molecule has 0 aliphatic rings. The molecule has 0 unspecified atom stereocenters. The summed E-state index contributed by atoms with van der Waals surface area (Å²) in [6, 6.07) is 7.80. The van der Waals surface area contributed by atoms with Gasteiger partial charge in [0.25, 0.3) is 0 Å². The standard InChI is InChI=1S/C12H15N3O/c1-15-9-14-7-11(15)8-16-12-4-2-10(6-13)3-5-12/h2-5,7,9H,6,8,13H2,1H3. The highest BCUT2D eigenvalue weighted by molar-refractivity contribution is 5.27. The van der Waals surface area contributed by atoms with Gasteiger partial charge in [-0.15, -0.1) is 0 Å². The van der Waals surface area contributed by atoms with E-state index in [2.05, 4.69) is 4.98 Å². The van der Waals surface area contributed by atoms with E-state index in [0.717, 1.165) is 17.0 Å². The number of nitrogens with zero attached hydrogens (tertiary/aromatic N) is 2. The summed E-state index contributed by atoms with van der Waals surface area (Å²) >= 11 is 0. The Hall–Kier alpha value is -1.81. The molecule has 2 rings (SSSR count). The van der Waals surface area contributed by atoms with Gasteiger partial charge >= 0.3 is 0 Å². The molecule has 0 bridgehead atoms. The molecule has 2 aromatic rings. The zero-order chi connectivity index (χ0) is 11.4. The van der Waals surface area contributed by atoms with E-state index in [1.54, 1.807) is 12.5 Å². The van der Waals surface area contributed by atoms with Crippen molar-refractivity contribution in [2.24, 2.45) is 12.8 Å². The number of imidazole rings is 1. The molecule has 0 amide bonds. The summed E-state index contributed by atoms with van der Waals surface area (Å²) in [6.07, 6.45) is 3.56. The van der Waals surface area contributed by atoms with Gasteiger partial charge in [0.15, 0.2) is 0 Å². The van der Waals surface area contributed by atoms with E-state index in [9.17, 15) is 0 Å². The molecule has 1 aromatic carbocycles. The average molecular weight is 217 g/mol. The van der Waals surface area contributed by atoms with Crippen LogP contribution >= 0.6 is 0 Å². The summed E-state index contributed by atoms with van der Waals surface area (Å²) in [5, 5.41) is 0. The van der Waals surface area contributed by atoms with Crippen LogP contribution in [0.1, 0.15) is 11.3 Å². The lowest BCUT2D eigenvalue weighted by Crippen LogP contribution is -2.01. The molecule has 0 saturated carbocycles. The van der Waals surface area contributed by atoms with E-state index in [-0.39, 0.29) is 0 Å². The van der Waals surface area contributed by atoms with E-state index in [4.69, 9.17) is 10.5 Å². The fraction of sp³-hybridized carbons (Fsp3) is 0.250. The van der Waals surface area contributed by atoms with Gasteiger partial charge in [0.05, 0.1) is 18.2 Å². The maximum Gasteiger partial charge on any atom is 0.130 e. The Morgan fingerprint density at radius 2 is 2.06 bits per heavy atom. The summed E-state index contributed by atoms with van der Waals surface area (Å²) in [5.41, 5.74) is 7.67. The molecule has 4 heteroatoms. The van der Waals surface area contributed by atoms with Gasteiger partial charge in [-0.3, -0.25) is 0 Å². The average Bonchev–Trinajstić information content (AvgIpc) is 2.73. The molecule has 0 spiro atoms. The lowest BCUT2D eigenvalue weighted by molar-refractivity contribution is 0.297. The number of aromatic nitrogens is 2. The van der Waals surface area contributed by atoms with Crippen molar-refractivity contribution in [3.05, 3.63) is 48.0 Å². The fourth-order valence-corrected chi connectivity index (χ4v) is 1.40. The third kappa shape index (κ3) is 2.41. The van der Waals surface area contributed by atoms with E-state index in [1.165, 1.54) is 0 Å². The number of ether oxygens (including phenoxy) is 1. The molecule has 0 atom stereocenters. The Morgan fingerprint density at radius 3 is 2.62 bits per heavy atom. The second kappa shape index (κ2) is 4.81. The highest BCUT2D eigenvalue weighted by Crippen LogP contribution is 2.13. The van der Waals surface area contributed by atoms with Crippen molar-refractivity contribution in [2.45, 2.75) is 13.2 Å². The third-order valence-electron chi connectivity index (χ3n) is 2.46. The molecule has 0 radical (unpaired) electrons. The Balaban J connectivity index is 1.97. The van der Waals surface area contributed by atoms with E-state index in [0.29, 0.717) is 13.2 Å². The monoisotopic (exact) mass is 217 g/mol. The molecule has 16 heavy (non-hydrogen) atoms. The summed E-state index contributed by atoms with van der Waals surface area (Å²) in [4.78, 5) is 4.03. The van der Waals surface area contributed by atoms with Gasteiger partial charge in [-0.05, 0) is 17.7 Å². The topological polar surface area (TPSA) is 53.1 Å². The zero-order valence-corrected chi connectivity index (χ0v) is 9.26. The number of hydrogen-bond acceptors (Lipinski definition) is 3. The van der Waals surface area contributed by atoms with Crippen molar-refractivity contribution < 1.29 is 4.74 Å². The van der Waals surface area contributed by atoms with Crippen LogP contribution in [0.4, 0.5) is 0 Å². The minimum absolute atomic E-state index is 0.526. The highest BCUT2D eigenvalue weighted by atomic mass is 16.5. The first-order valence-corrected chi connectivity index (χ1v) is 5.16. The maximum atomic E-state index is 5.63. The van der Waals surface area contributed by atoms with Crippen molar-refractivity contribution >= 4 is 0 Å². The van der Waals surface area contributed by atoms with E-state index >= 15 is 0 Å². The van der Waals surface area contributed by atoms with Crippen LogP contribution in [0.3, 0.4) is 0 Å². The Morgan fingerprint density at radius 1 is 1.31 bits per heavy atom. The molecule has 0 aliphatic carbocycles. The molecular formula is C12H15N3O. The van der Waals surface area contributed by atoms with Gasteiger partial charge in [0, 0.05) is 13.6 Å². The number of hydrogen-bond donors (Lipinski definition) is 1. The van der Waals surface area contributed by atoms with Crippen LogP contribution in [-0.4, -0.2) is 9.55 Å². The Kier molecular flexibility index (Phi) is 3.22. The smallest absolute Gasteiger partial charge is 0.130 e. The summed E-state index contributed by atoms with van der Waals surface area (Å²) < 4.78 is 7.57. The third-order valence-corrected chi connectivity index (χ3v) is 2.46. The van der Waals surface area contributed by atoms with E-state index in [1.807, 2.05) is 35.9 Å². The molecule has 0 fully saturated rings. The van der Waals surface area contributed by atoms with Gasteiger partial charge in [-0.1, -0.05) is 12.1 Å². The first kappa shape index (κ1) is 10.7. The van der Waals surface area contributed by atoms with Crippen molar-refractivity contribution in [2.75, 3.05) is 0 Å². The van der Waals surface area contributed by atoms with Crippen molar-refractivity contribution in [1.29, 1.82) is 0 Å². The minimum Gasteiger partial charge on any atom is -0.487 e. The maximum absolute atomic E-state index is 5.63. The van der Waals surface area contributed by atoms with Crippen LogP contribution in [-0.2, 0) is 20.2 Å². The Labute approximate surface area is 94.7 Å². The van der Waals surface area contributed by atoms with Gasteiger partial charge < -0.3 is 15.0 Å². The number of benzene rings is 1. The number of rotatable bonds is 4. The van der Waals surface area contributed by atoms with Crippen molar-refractivity contribution in [3.8, 4) is 5.75 Å². The molecule has 84 valence electrons. The first-order chi connectivity index (χ1) is 7.79. The number of aryl methyl sites for hydroxylation is 1. The second-order valence-corrected chi connectivity index (χ2v) is 3.63. The molecule has 0 saturated heterocycles.